The number of halogens is 2. The van der Waals surface area contributed by atoms with Crippen molar-refractivity contribution in [3.05, 3.63) is 59.7 Å². The van der Waals surface area contributed by atoms with Crippen LogP contribution in [0.5, 0.6) is 34.8 Å². The van der Waals surface area contributed by atoms with E-state index in [1.54, 1.807) is 36.1 Å². The fourth-order valence-corrected chi connectivity index (χ4v) is 4.21. The molecule has 0 radical (unpaired) electrons. The van der Waals surface area contributed by atoms with Gasteiger partial charge in [0.2, 0.25) is 17.4 Å². The molecule has 0 bridgehead atoms. The van der Waals surface area contributed by atoms with Crippen LogP contribution < -0.4 is 24.8 Å². The summed E-state index contributed by atoms with van der Waals surface area (Å²) in [4.78, 5) is 18.3. The highest BCUT2D eigenvalue weighted by atomic mass is 19.1. The summed E-state index contributed by atoms with van der Waals surface area (Å²) in [6.07, 6.45) is -1.43. The van der Waals surface area contributed by atoms with Crippen LogP contribution in [0.1, 0.15) is 25.3 Å². The molecule has 0 saturated carbocycles. The lowest BCUT2D eigenvalue weighted by molar-refractivity contribution is 0.0560. The van der Waals surface area contributed by atoms with Crippen LogP contribution >= 0.6 is 0 Å². The number of nitrogen functional groups attached to an aromatic ring is 1. The number of nitrogens with two attached hydrogens (primary N) is 1. The number of pyridine rings is 1. The molecular formula is C27H29F2N5O6. The first kappa shape index (κ1) is 28.2. The number of amidine groups is 1. The fourth-order valence-electron chi connectivity index (χ4n) is 4.21. The molecule has 5 N–H and O–H groups in total. The molecule has 1 saturated heterocycles. The Morgan fingerprint density at radius 1 is 1.15 bits per heavy atom. The van der Waals surface area contributed by atoms with Crippen LogP contribution in [0.25, 0.3) is 0 Å². The molecule has 13 heteroatoms. The van der Waals surface area contributed by atoms with Gasteiger partial charge in [-0.2, -0.15) is 13.8 Å². The van der Waals surface area contributed by atoms with Gasteiger partial charge < -0.3 is 40.0 Å². The number of benzene rings is 2. The molecule has 2 atom stereocenters. The predicted molar refractivity (Wildman–Crippen MR) is 142 cm³/mol. The summed E-state index contributed by atoms with van der Waals surface area (Å²) >= 11 is 0. The molecular weight excluding hydrogens is 528 g/mol. The number of hydrogen-bond acceptors (Lipinski definition) is 8. The van der Waals surface area contributed by atoms with Crippen molar-refractivity contribution in [3.63, 3.8) is 0 Å². The smallest absolute Gasteiger partial charge is 0.407 e. The molecule has 2 unspecified atom stereocenters. The molecule has 11 nitrogen and oxygen atoms in total. The average molecular weight is 558 g/mol. The number of likely N-dealkylation sites (tertiary alicyclic amines) is 1. The highest BCUT2D eigenvalue weighted by molar-refractivity contribution is 5.95. The van der Waals surface area contributed by atoms with Crippen LogP contribution in [0.3, 0.4) is 0 Å². The lowest BCUT2D eigenvalue weighted by atomic mass is 10.0. The number of anilines is 1. The van der Waals surface area contributed by atoms with E-state index in [9.17, 15) is 15.0 Å². The zero-order valence-corrected chi connectivity index (χ0v) is 22.0. The number of amides is 1. The maximum atomic E-state index is 15.7. The van der Waals surface area contributed by atoms with E-state index >= 15 is 8.78 Å². The van der Waals surface area contributed by atoms with E-state index in [0.29, 0.717) is 0 Å². The van der Waals surface area contributed by atoms with Crippen molar-refractivity contribution in [1.82, 2.24) is 9.88 Å². The number of nitrogens with one attached hydrogen (secondary N) is 1. The summed E-state index contributed by atoms with van der Waals surface area (Å²) in [5.74, 6) is -5.59. The van der Waals surface area contributed by atoms with E-state index < -0.39 is 53.1 Å². The molecule has 0 aliphatic carbocycles. The maximum absolute atomic E-state index is 15.7. The number of piperidine rings is 1. The third-order valence-corrected chi connectivity index (χ3v) is 6.36. The number of hydrogen-bond donors (Lipinski definition) is 4. The molecule has 1 amide bonds. The highest BCUT2D eigenvalue weighted by Gasteiger charge is 2.33. The number of phenols is 1. The summed E-state index contributed by atoms with van der Waals surface area (Å²) < 4.78 is 48.3. The molecule has 40 heavy (non-hydrogen) atoms. The minimum absolute atomic E-state index is 0.116. The fraction of sp³-hybridized carbons (Fsp3) is 0.296. The van der Waals surface area contributed by atoms with E-state index in [2.05, 4.69) is 4.98 Å². The van der Waals surface area contributed by atoms with E-state index in [1.807, 2.05) is 14.1 Å². The predicted octanol–water partition coefficient (Wildman–Crippen LogP) is 4.91. The monoisotopic (exact) mass is 557 g/mol. The van der Waals surface area contributed by atoms with Gasteiger partial charge in [-0.25, -0.2) is 4.79 Å². The van der Waals surface area contributed by atoms with Crippen molar-refractivity contribution in [2.75, 3.05) is 25.5 Å². The molecule has 1 aromatic heterocycles. The number of carboxylic acid groups (broad SMARTS) is 1. The Balaban J connectivity index is 1.74. The highest BCUT2D eigenvalue weighted by Crippen LogP contribution is 2.41. The van der Waals surface area contributed by atoms with Crippen LogP contribution in [0.4, 0.5) is 19.3 Å². The van der Waals surface area contributed by atoms with Gasteiger partial charge in [0.25, 0.3) is 11.8 Å². The topological polar surface area (TPSA) is 154 Å². The van der Waals surface area contributed by atoms with Gasteiger partial charge in [-0.3, -0.25) is 5.41 Å². The third-order valence-electron chi connectivity index (χ3n) is 6.36. The van der Waals surface area contributed by atoms with Gasteiger partial charge in [0, 0.05) is 56.8 Å². The Hall–Kier alpha value is -4.81. The zero-order chi connectivity index (χ0) is 29.1. The Morgan fingerprint density at radius 2 is 1.85 bits per heavy atom. The first-order valence-corrected chi connectivity index (χ1v) is 12.3. The minimum Gasteiger partial charge on any atom is -0.504 e. The molecule has 1 fully saturated rings. The number of aromatic nitrogens is 1. The lowest BCUT2D eigenvalue weighted by Gasteiger charge is -2.35. The van der Waals surface area contributed by atoms with Crippen molar-refractivity contribution < 1.29 is 38.0 Å². The summed E-state index contributed by atoms with van der Waals surface area (Å²) in [6, 6.07) is 9.99. The maximum Gasteiger partial charge on any atom is 0.407 e. The first-order valence-electron chi connectivity index (χ1n) is 12.3. The van der Waals surface area contributed by atoms with Crippen molar-refractivity contribution in [3.8, 4) is 34.8 Å². The van der Waals surface area contributed by atoms with Crippen molar-refractivity contribution >= 4 is 17.6 Å². The second kappa shape index (κ2) is 11.5. The molecule has 1 aliphatic rings. The van der Waals surface area contributed by atoms with Gasteiger partial charge in [-0.1, -0.05) is 6.07 Å². The number of ether oxygens (including phenoxy) is 3. The number of rotatable bonds is 8. The summed E-state index contributed by atoms with van der Waals surface area (Å²) in [7, 11) is 3.62. The minimum atomic E-state index is -1.30. The van der Waals surface area contributed by atoms with E-state index in [4.69, 9.17) is 25.4 Å². The van der Waals surface area contributed by atoms with Gasteiger partial charge in [-0.15, -0.1) is 0 Å². The van der Waals surface area contributed by atoms with Crippen LogP contribution in [0.15, 0.2) is 42.5 Å². The van der Waals surface area contributed by atoms with Gasteiger partial charge in [-0.05, 0) is 37.3 Å². The van der Waals surface area contributed by atoms with E-state index in [0.717, 1.165) is 5.69 Å². The Labute approximate surface area is 228 Å². The summed E-state index contributed by atoms with van der Waals surface area (Å²) in [5, 5.41) is 27.2. The largest absolute Gasteiger partial charge is 0.504 e. The van der Waals surface area contributed by atoms with Crippen LogP contribution in [-0.4, -0.2) is 64.8 Å². The number of nitrogens with zero attached hydrogens (tertiary/aromatic N) is 3. The van der Waals surface area contributed by atoms with E-state index in [-0.39, 0.29) is 42.3 Å². The second-order valence-electron chi connectivity index (χ2n) is 9.46. The lowest BCUT2D eigenvalue weighted by Crippen LogP contribution is -2.46. The van der Waals surface area contributed by atoms with Crippen LogP contribution in [-0.2, 0) is 0 Å². The van der Waals surface area contributed by atoms with Gasteiger partial charge in [0.1, 0.15) is 17.7 Å². The van der Waals surface area contributed by atoms with Crippen molar-refractivity contribution in [1.29, 1.82) is 5.41 Å². The quantitative estimate of drug-likeness (QED) is 0.223. The SMILES string of the molecule is CC1CC(Oc2c(F)c(Oc3cccc(N(C)C)c3)nc(Oc3cc(C(=N)N)ccc3O)c2F)CCN1C(=O)O. The molecule has 1 aliphatic heterocycles. The van der Waals surface area contributed by atoms with Crippen molar-refractivity contribution in [2.24, 2.45) is 5.73 Å². The normalized spacial score (nSPS) is 16.8. The van der Waals surface area contributed by atoms with Crippen LogP contribution in [0, 0.1) is 17.0 Å². The third kappa shape index (κ3) is 6.08. The van der Waals surface area contributed by atoms with Crippen molar-refractivity contribution in [2.45, 2.75) is 31.9 Å². The van der Waals surface area contributed by atoms with Gasteiger partial charge in [0.15, 0.2) is 11.5 Å². The molecule has 2 heterocycles. The number of carbonyl (C=O) groups is 1. The number of phenolic OH excluding ortho intramolecular Hbond substituents is 1. The molecule has 4 rings (SSSR count). The van der Waals surface area contributed by atoms with Gasteiger partial charge >= 0.3 is 6.09 Å². The second-order valence-corrected chi connectivity index (χ2v) is 9.46. The summed E-state index contributed by atoms with van der Waals surface area (Å²) in [6.45, 7) is 1.79. The van der Waals surface area contributed by atoms with E-state index in [1.165, 1.54) is 23.1 Å². The number of aromatic hydroxyl groups is 1. The summed E-state index contributed by atoms with van der Waals surface area (Å²) in [5.41, 5.74) is 6.44. The molecule has 3 aromatic rings. The standard InChI is InChI=1S/C27H29F2N5O6/c1-14-11-18(9-10-34(14)27(36)37)38-23-21(28)25(39-17-6-4-5-16(13-17)33(2)3)32-26(22(23)29)40-20-12-15(24(30)31)7-8-19(20)35/h4-8,12-14,18,35H,9-11H2,1-3H3,(H3,30,31)(H,36,37). The molecule has 212 valence electrons. The molecule has 2 aromatic carbocycles. The Bertz CT molecular complexity index is 1440. The van der Waals surface area contributed by atoms with Gasteiger partial charge in [0.05, 0.1) is 0 Å². The Kier molecular flexibility index (Phi) is 8.12. The first-order chi connectivity index (χ1) is 18.9. The zero-order valence-electron chi connectivity index (χ0n) is 22.0. The average Bonchev–Trinajstić information content (AvgIpc) is 2.90. The molecule has 0 spiro atoms. The van der Waals surface area contributed by atoms with Crippen LogP contribution in [0.2, 0.25) is 0 Å². The Morgan fingerprint density at radius 3 is 2.48 bits per heavy atom.